The van der Waals surface area contributed by atoms with Crippen molar-refractivity contribution >= 4 is 6.29 Å². The summed E-state index contributed by atoms with van der Waals surface area (Å²) in [5.74, 6) is 0. The zero-order chi connectivity index (χ0) is 9.45. The molecule has 0 aromatic heterocycles. The van der Waals surface area contributed by atoms with E-state index in [1.54, 1.807) is 19.9 Å². The Kier molecular flexibility index (Phi) is 11.5. The first kappa shape index (κ1) is 16.2. The van der Waals surface area contributed by atoms with E-state index in [2.05, 4.69) is 0 Å². The summed E-state index contributed by atoms with van der Waals surface area (Å²) in [6, 6.07) is 1.79. The van der Waals surface area contributed by atoms with Gasteiger partial charge in [-0.05, 0) is 13.8 Å². The van der Waals surface area contributed by atoms with Gasteiger partial charge in [0.25, 0.3) is 0 Å². The van der Waals surface area contributed by atoms with Gasteiger partial charge in [-0.25, -0.2) is 0 Å². The van der Waals surface area contributed by atoms with Gasteiger partial charge in [0.15, 0.2) is 6.29 Å². The molecule has 0 fully saturated rings. The summed E-state index contributed by atoms with van der Waals surface area (Å²) < 4.78 is 9.93. The van der Waals surface area contributed by atoms with E-state index in [0.29, 0.717) is 19.5 Å². The molecule has 5 heteroatoms. The molecule has 0 aromatic rings. The summed E-state index contributed by atoms with van der Waals surface area (Å²) in [4.78, 5) is 10.5. The van der Waals surface area contributed by atoms with Crippen LogP contribution in [-0.2, 0) is 14.3 Å². The number of hydrogen-bond donors (Lipinski definition) is 0. The van der Waals surface area contributed by atoms with Crippen molar-refractivity contribution in [3.05, 3.63) is 0 Å². The molecule has 0 heterocycles. The number of aldehydes is 1. The fourth-order valence-corrected chi connectivity index (χ4v) is 0.712. The van der Waals surface area contributed by atoms with Crippen molar-refractivity contribution < 1.29 is 67.1 Å². The first-order chi connectivity index (χ1) is 5.74. The quantitative estimate of drug-likeness (QED) is 0.364. The van der Waals surface area contributed by atoms with Gasteiger partial charge < -0.3 is 10.9 Å². The Morgan fingerprint density at radius 2 is 2.15 bits per heavy atom. The van der Waals surface area contributed by atoms with E-state index in [4.69, 9.17) is 14.7 Å². The molecule has 0 N–H and O–H groups in total. The third-order valence-electron chi connectivity index (χ3n) is 1.30. The molecular formula is C8H14KNO3. The summed E-state index contributed by atoms with van der Waals surface area (Å²) in [5, 5.41) is 8.65. The molecule has 0 aliphatic heterocycles. The smallest absolute Gasteiger partial charge is 1.00 e. The topological polar surface area (TPSA) is 59.3 Å². The molecule has 0 saturated heterocycles. The molecule has 0 bridgehead atoms. The molecule has 0 amide bonds. The van der Waals surface area contributed by atoms with E-state index in [1.807, 2.05) is 0 Å². The van der Waals surface area contributed by atoms with Crippen LogP contribution in [0.15, 0.2) is 0 Å². The van der Waals surface area contributed by atoms with E-state index in [-0.39, 0.29) is 59.4 Å². The molecule has 0 aliphatic rings. The molecule has 70 valence electrons. The first-order valence-corrected chi connectivity index (χ1v) is 3.84. The van der Waals surface area contributed by atoms with E-state index >= 15 is 0 Å². The predicted octanol–water partition coefficient (Wildman–Crippen LogP) is -2.36. The molecule has 0 aromatic carbocycles. The molecule has 13 heavy (non-hydrogen) atoms. The van der Waals surface area contributed by atoms with E-state index in [0.717, 1.165) is 0 Å². The van der Waals surface area contributed by atoms with Gasteiger partial charge in [0.05, 0.1) is 6.61 Å². The maximum absolute atomic E-state index is 10.5. The standard InChI is InChI=1S/C8H13NO3.K.H/c1-3-11-7-8(5-9,6-10)12-4-2;;/h6H,3-4,7H2,1-2H3;;/q;+1;-1. The van der Waals surface area contributed by atoms with Crippen molar-refractivity contribution in [1.82, 2.24) is 0 Å². The summed E-state index contributed by atoms with van der Waals surface area (Å²) in [6.45, 7) is 4.29. The average molecular weight is 211 g/mol. The molecule has 0 rings (SSSR count). The minimum absolute atomic E-state index is 0. The number of nitriles is 1. The minimum Gasteiger partial charge on any atom is -1.00 e. The third-order valence-corrected chi connectivity index (χ3v) is 1.30. The van der Waals surface area contributed by atoms with Crippen LogP contribution in [-0.4, -0.2) is 31.7 Å². The Morgan fingerprint density at radius 1 is 1.54 bits per heavy atom. The molecule has 1 unspecified atom stereocenters. The van der Waals surface area contributed by atoms with E-state index < -0.39 is 5.60 Å². The third kappa shape index (κ3) is 5.91. The number of carbonyl (C=O) groups is 1. The van der Waals surface area contributed by atoms with Crippen LogP contribution < -0.4 is 51.4 Å². The fourth-order valence-electron chi connectivity index (χ4n) is 0.712. The van der Waals surface area contributed by atoms with Gasteiger partial charge in [-0.3, -0.25) is 4.79 Å². The normalized spacial score (nSPS) is 13.6. The van der Waals surface area contributed by atoms with Gasteiger partial charge in [0.1, 0.15) is 6.07 Å². The molecule has 0 aliphatic carbocycles. The molecule has 0 saturated carbocycles. The van der Waals surface area contributed by atoms with Crippen molar-refractivity contribution in [1.29, 1.82) is 5.26 Å². The predicted molar refractivity (Wildman–Crippen MR) is 43.6 cm³/mol. The van der Waals surface area contributed by atoms with Crippen molar-refractivity contribution in [2.45, 2.75) is 19.4 Å². The van der Waals surface area contributed by atoms with Crippen molar-refractivity contribution in [3.8, 4) is 6.07 Å². The zero-order valence-electron chi connectivity index (χ0n) is 9.37. The molecule has 0 spiro atoms. The first-order valence-electron chi connectivity index (χ1n) is 3.84. The number of hydrogen-bond acceptors (Lipinski definition) is 4. The van der Waals surface area contributed by atoms with Crippen LogP contribution in [0.2, 0.25) is 0 Å². The Balaban J connectivity index is -0.000000605. The number of nitrogens with zero attached hydrogens (tertiary/aromatic N) is 1. The Labute approximate surface area is 122 Å². The van der Waals surface area contributed by atoms with E-state index in [1.165, 1.54) is 0 Å². The molecular weight excluding hydrogens is 197 g/mol. The maximum atomic E-state index is 10.5. The summed E-state index contributed by atoms with van der Waals surface area (Å²) in [6.07, 6.45) is 0.478. The Bertz CT molecular complexity index is 186. The Morgan fingerprint density at radius 3 is 2.46 bits per heavy atom. The van der Waals surface area contributed by atoms with Crippen molar-refractivity contribution in [2.24, 2.45) is 0 Å². The van der Waals surface area contributed by atoms with Gasteiger partial charge >= 0.3 is 51.4 Å². The van der Waals surface area contributed by atoms with Crippen LogP contribution in [0, 0.1) is 11.3 Å². The minimum atomic E-state index is -1.41. The van der Waals surface area contributed by atoms with Crippen LogP contribution in [0.1, 0.15) is 15.3 Å². The van der Waals surface area contributed by atoms with Gasteiger partial charge in [-0.2, -0.15) is 5.26 Å². The van der Waals surface area contributed by atoms with Crippen LogP contribution >= 0.6 is 0 Å². The van der Waals surface area contributed by atoms with Crippen LogP contribution in [0.5, 0.6) is 0 Å². The second-order valence-electron chi connectivity index (χ2n) is 2.19. The number of rotatable bonds is 6. The molecule has 1 atom stereocenters. The van der Waals surface area contributed by atoms with Crippen molar-refractivity contribution in [3.63, 3.8) is 0 Å². The summed E-state index contributed by atoms with van der Waals surface area (Å²) in [7, 11) is 0. The van der Waals surface area contributed by atoms with Gasteiger partial charge in [-0.15, -0.1) is 0 Å². The van der Waals surface area contributed by atoms with Gasteiger partial charge in [0, 0.05) is 13.2 Å². The van der Waals surface area contributed by atoms with Crippen LogP contribution in [0.25, 0.3) is 0 Å². The monoisotopic (exact) mass is 211 g/mol. The average Bonchev–Trinajstić information content (AvgIpc) is 2.13. The van der Waals surface area contributed by atoms with Crippen LogP contribution in [0.3, 0.4) is 0 Å². The van der Waals surface area contributed by atoms with E-state index in [9.17, 15) is 4.79 Å². The number of ether oxygens (including phenoxy) is 2. The maximum Gasteiger partial charge on any atom is 1.00 e. The van der Waals surface area contributed by atoms with Crippen molar-refractivity contribution in [2.75, 3.05) is 19.8 Å². The molecule has 0 radical (unpaired) electrons. The molecule has 4 nitrogen and oxygen atoms in total. The zero-order valence-corrected chi connectivity index (χ0v) is 11.5. The summed E-state index contributed by atoms with van der Waals surface area (Å²) in [5.41, 5.74) is -1.41. The second-order valence-corrected chi connectivity index (χ2v) is 2.19. The fraction of sp³-hybridized carbons (Fsp3) is 0.750. The van der Waals surface area contributed by atoms with Gasteiger partial charge in [-0.1, -0.05) is 0 Å². The number of carbonyl (C=O) groups excluding carboxylic acids is 1. The Hall–Kier alpha value is 0.716. The summed E-state index contributed by atoms with van der Waals surface area (Å²) >= 11 is 0. The van der Waals surface area contributed by atoms with Gasteiger partial charge in [0.2, 0.25) is 5.60 Å². The SMILES string of the molecule is CCOCC(C#N)(C=O)OCC.[H-].[K+]. The second kappa shape index (κ2) is 9.28. The largest absolute Gasteiger partial charge is 1.00 e. The van der Waals surface area contributed by atoms with Crippen LogP contribution in [0.4, 0.5) is 0 Å².